The third kappa shape index (κ3) is 2.69. The van der Waals surface area contributed by atoms with Gasteiger partial charge in [0.1, 0.15) is 11.3 Å². The summed E-state index contributed by atoms with van der Waals surface area (Å²) >= 11 is 0. The van der Waals surface area contributed by atoms with E-state index < -0.39 is 11.6 Å². The zero-order valence-electron chi connectivity index (χ0n) is 11.3. The summed E-state index contributed by atoms with van der Waals surface area (Å²) in [7, 11) is 0. The van der Waals surface area contributed by atoms with E-state index in [0.29, 0.717) is 16.9 Å². The van der Waals surface area contributed by atoms with E-state index in [4.69, 9.17) is 9.15 Å². The van der Waals surface area contributed by atoms with Crippen molar-refractivity contribution >= 4 is 16.9 Å². The third-order valence-electron chi connectivity index (χ3n) is 3.14. The van der Waals surface area contributed by atoms with Gasteiger partial charge in [0, 0.05) is 11.5 Å². The van der Waals surface area contributed by atoms with Crippen molar-refractivity contribution in [2.24, 2.45) is 0 Å². The molecule has 0 amide bonds. The van der Waals surface area contributed by atoms with Crippen molar-refractivity contribution in [1.29, 1.82) is 0 Å². The van der Waals surface area contributed by atoms with Crippen LogP contribution in [0.5, 0.6) is 5.75 Å². The molecule has 4 heteroatoms. The first-order valence-corrected chi connectivity index (χ1v) is 6.45. The molecule has 0 atom stereocenters. The molecule has 0 aliphatic heterocycles. The van der Waals surface area contributed by atoms with Gasteiger partial charge in [-0.3, -0.25) is 0 Å². The lowest BCUT2D eigenvalue weighted by Gasteiger charge is -2.06. The van der Waals surface area contributed by atoms with Gasteiger partial charge in [-0.2, -0.15) is 0 Å². The molecule has 3 rings (SSSR count). The molecule has 0 bridgehead atoms. The Labute approximate surface area is 120 Å². The van der Waals surface area contributed by atoms with Gasteiger partial charge in [0.15, 0.2) is 0 Å². The lowest BCUT2D eigenvalue weighted by molar-refractivity contribution is 0.0735. The highest BCUT2D eigenvalue weighted by atomic mass is 16.5. The minimum atomic E-state index is -0.426. The van der Waals surface area contributed by atoms with Crippen LogP contribution in [0, 0.1) is 6.92 Å². The molecule has 0 N–H and O–H groups in total. The number of carbonyl (C=O) groups excluding carboxylic acids is 1. The number of carbonyl (C=O) groups is 1. The number of aryl methyl sites for hydroxylation is 1. The van der Waals surface area contributed by atoms with Crippen molar-refractivity contribution in [3.63, 3.8) is 0 Å². The van der Waals surface area contributed by atoms with Crippen LogP contribution in [0.1, 0.15) is 15.9 Å². The van der Waals surface area contributed by atoms with Crippen LogP contribution in [0.4, 0.5) is 0 Å². The predicted octanol–water partition coefficient (Wildman–Crippen LogP) is 3.32. The molecule has 0 saturated heterocycles. The van der Waals surface area contributed by atoms with Crippen LogP contribution in [-0.4, -0.2) is 5.97 Å². The number of hydrogen-bond acceptors (Lipinski definition) is 4. The summed E-state index contributed by atoms with van der Waals surface area (Å²) < 4.78 is 10.4. The first-order chi connectivity index (χ1) is 10.1. The summed E-state index contributed by atoms with van der Waals surface area (Å²) in [4.78, 5) is 23.3. The summed E-state index contributed by atoms with van der Waals surface area (Å²) in [5.74, 6) is -0.0155. The summed E-state index contributed by atoms with van der Waals surface area (Å²) in [6.45, 7) is 1.81. The number of ether oxygens (including phenoxy) is 1. The second-order valence-electron chi connectivity index (χ2n) is 4.66. The van der Waals surface area contributed by atoms with Crippen LogP contribution < -0.4 is 10.4 Å². The van der Waals surface area contributed by atoms with Crippen LogP contribution in [0.15, 0.2) is 63.8 Å². The minimum absolute atomic E-state index is 0.394. The maximum atomic E-state index is 12.0. The average Bonchev–Trinajstić information content (AvgIpc) is 2.48. The van der Waals surface area contributed by atoms with E-state index in [2.05, 4.69) is 0 Å². The molecular weight excluding hydrogens is 268 g/mol. The average molecular weight is 280 g/mol. The summed E-state index contributed by atoms with van der Waals surface area (Å²) in [6, 6.07) is 15.1. The highest BCUT2D eigenvalue weighted by molar-refractivity contribution is 5.91. The Hall–Kier alpha value is -2.88. The highest BCUT2D eigenvalue weighted by Crippen LogP contribution is 2.23. The van der Waals surface area contributed by atoms with Gasteiger partial charge in [-0.05, 0) is 42.8 Å². The van der Waals surface area contributed by atoms with Crippen LogP contribution in [0.3, 0.4) is 0 Å². The van der Waals surface area contributed by atoms with E-state index in [-0.39, 0.29) is 0 Å². The molecule has 104 valence electrons. The molecule has 0 unspecified atom stereocenters. The monoisotopic (exact) mass is 280 g/mol. The van der Waals surface area contributed by atoms with Gasteiger partial charge in [-0.1, -0.05) is 18.2 Å². The lowest BCUT2D eigenvalue weighted by Crippen LogP contribution is -2.08. The first-order valence-electron chi connectivity index (χ1n) is 6.45. The van der Waals surface area contributed by atoms with Gasteiger partial charge in [0.25, 0.3) is 0 Å². The third-order valence-corrected chi connectivity index (χ3v) is 3.14. The highest BCUT2D eigenvalue weighted by Gasteiger charge is 2.09. The summed E-state index contributed by atoms with van der Waals surface area (Å²) in [6.07, 6.45) is 0. The largest absolute Gasteiger partial charge is 0.423 e. The summed E-state index contributed by atoms with van der Waals surface area (Å²) in [5.41, 5.74) is 1.33. The fourth-order valence-electron chi connectivity index (χ4n) is 2.10. The topological polar surface area (TPSA) is 56.5 Å². The molecule has 1 heterocycles. The second-order valence-corrected chi connectivity index (χ2v) is 4.66. The zero-order chi connectivity index (χ0) is 14.8. The van der Waals surface area contributed by atoms with Gasteiger partial charge in [0.2, 0.25) is 0 Å². The number of rotatable bonds is 2. The van der Waals surface area contributed by atoms with Crippen molar-refractivity contribution in [1.82, 2.24) is 0 Å². The normalized spacial score (nSPS) is 10.5. The number of fused-ring (bicyclic) bond motifs is 1. The molecular formula is C17H12O4. The van der Waals surface area contributed by atoms with E-state index in [1.807, 2.05) is 13.0 Å². The molecule has 0 saturated carbocycles. The van der Waals surface area contributed by atoms with Gasteiger partial charge < -0.3 is 9.15 Å². The smallest absolute Gasteiger partial charge is 0.343 e. The predicted molar refractivity (Wildman–Crippen MR) is 78.6 cm³/mol. The molecule has 0 radical (unpaired) electrons. The van der Waals surface area contributed by atoms with E-state index in [0.717, 1.165) is 10.9 Å². The number of hydrogen-bond donors (Lipinski definition) is 0. The zero-order valence-corrected chi connectivity index (χ0v) is 11.3. The Morgan fingerprint density at radius 1 is 1.05 bits per heavy atom. The molecule has 0 aliphatic carbocycles. The summed E-state index contributed by atoms with van der Waals surface area (Å²) in [5, 5.41) is 0.743. The van der Waals surface area contributed by atoms with Gasteiger partial charge in [-0.25, -0.2) is 9.59 Å². The van der Waals surface area contributed by atoms with Gasteiger partial charge >= 0.3 is 11.6 Å². The fourth-order valence-corrected chi connectivity index (χ4v) is 2.10. The molecule has 21 heavy (non-hydrogen) atoms. The Morgan fingerprint density at radius 3 is 2.57 bits per heavy atom. The molecule has 2 aromatic carbocycles. The molecule has 0 fully saturated rings. The SMILES string of the molecule is Cc1cc(=O)oc2ccc(OC(=O)c3ccccc3)cc12. The molecule has 0 aliphatic rings. The maximum Gasteiger partial charge on any atom is 0.343 e. The van der Waals surface area contributed by atoms with Gasteiger partial charge in [0.05, 0.1) is 5.56 Å². The van der Waals surface area contributed by atoms with Crippen LogP contribution in [0.2, 0.25) is 0 Å². The van der Waals surface area contributed by atoms with Crippen LogP contribution in [-0.2, 0) is 0 Å². The van der Waals surface area contributed by atoms with Gasteiger partial charge in [-0.15, -0.1) is 0 Å². The van der Waals surface area contributed by atoms with Crippen molar-refractivity contribution < 1.29 is 13.9 Å². The number of esters is 1. The van der Waals surface area contributed by atoms with E-state index >= 15 is 0 Å². The quantitative estimate of drug-likeness (QED) is 0.410. The van der Waals surface area contributed by atoms with Crippen molar-refractivity contribution in [2.45, 2.75) is 6.92 Å². The maximum absolute atomic E-state index is 12.0. The van der Waals surface area contributed by atoms with Crippen molar-refractivity contribution in [3.05, 3.63) is 76.1 Å². The van der Waals surface area contributed by atoms with E-state index in [1.165, 1.54) is 6.07 Å². The molecule has 3 aromatic rings. The van der Waals surface area contributed by atoms with Crippen molar-refractivity contribution in [3.8, 4) is 5.75 Å². The minimum Gasteiger partial charge on any atom is -0.423 e. The number of benzene rings is 2. The van der Waals surface area contributed by atoms with Crippen LogP contribution >= 0.6 is 0 Å². The molecule has 1 aromatic heterocycles. The van der Waals surface area contributed by atoms with E-state index in [9.17, 15) is 9.59 Å². The second kappa shape index (κ2) is 5.25. The standard InChI is InChI=1S/C17H12O4/c1-11-9-16(18)21-15-8-7-13(10-14(11)15)20-17(19)12-5-3-2-4-6-12/h2-10H,1H3. The fraction of sp³-hybridized carbons (Fsp3) is 0.0588. The Balaban J connectivity index is 1.95. The Bertz CT molecular complexity index is 863. The Kier molecular flexibility index (Phi) is 3.28. The van der Waals surface area contributed by atoms with Crippen LogP contribution in [0.25, 0.3) is 11.0 Å². The molecule has 0 spiro atoms. The van der Waals surface area contributed by atoms with E-state index in [1.54, 1.807) is 42.5 Å². The Morgan fingerprint density at radius 2 is 1.81 bits per heavy atom. The first kappa shape index (κ1) is 13.1. The molecule has 4 nitrogen and oxygen atoms in total. The lowest BCUT2D eigenvalue weighted by atomic mass is 10.1. The van der Waals surface area contributed by atoms with Crippen molar-refractivity contribution in [2.75, 3.05) is 0 Å².